The number of benzene rings is 4. The van der Waals surface area contributed by atoms with Gasteiger partial charge in [-0.1, -0.05) is 36.4 Å². The molecule has 4 aliphatic heterocycles. The summed E-state index contributed by atoms with van der Waals surface area (Å²) in [5, 5.41) is 6.61. The summed E-state index contributed by atoms with van der Waals surface area (Å²) in [6.07, 6.45) is 5.67. The minimum Gasteiger partial charge on any atom is -0.371 e. The molecule has 412 valence electrons. The lowest BCUT2D eigenvalue weighted by Crippen LogP contribution is -2.49. The number of imidazole rings is 2. The van der Waals surface area contributed by atoms with Crippen molar-refractivity contribution in [3.63, 3.8) is 0 Å². The molecule has 0 aliphatic carbocycles. The van der Waals surface area contributed by atoms with Gasteiger partial charge in [0.05, 0.1) is 22.1 Å². The van der Waals surface area contributed by atoms with Gasteiger partial charge >= 0.3 is 0 Å². The van der Waals surface area contributed by atoms with Crippen LogP contribution < -0.4 is 30.2 Å². The number of aromatic amines is 2. The third-order valence-electron chi connectivity index (χ3n) is 17.1. The van der Waals surface area contributed by atoms with Crippen molar-refractivity contribution in [3.8, 4) is 0 Å². The molecule has 2 amide bonds. The molecule has 4 fully saturated rings. The van der Waals surface area contributed by atoms with Gasteiger partial charge in [-0.05, 0) is 156 Å². The van der Waals surface area contributed by atoms with Gasteiger partial charge in [-0.25, -0.2) is 9.97 Å². The Labute approximate surface area is 457 Å². The Hall–Kier alpha value is -6.20. The third kappa shape index (κ3) is 12.9. The third-order valence-corrected chi connectivity index (χ3v) is 17.1. The molecule has 0 saturated carbocycles. The molecule has 77 heavy (non-hydrogen) atoms. The quantitative estimate of drug-likeness (QED) is 0.0611. The molecule has 10 rings (SSSR count). The van der Waals surface area contributed by atoms with Gasteiger partial charge in [-0.3, -0.25) is 9.59 Å². The van der Waals surface area contributed by atoms with Gasteiger partial charge < -0.3 is 59.8 Å². The van der Waals surface area contributed by atoms with E-state index in [2.05, 4.69) is 151 Å². The highest BCUT2D eigenvalue weighted by Gasteiger charge is 2.31. The Morgan fingerprint density at radius 1 is 0.545 bits per heavy atom. The summed E-state index contributed by atoms with van der Waals surface area (Å²) >= 11 is 0. The van der Waals surface area contributed by atoms with Crippen molar-refractivity contribution in [2.45, 2.75) is 83.7 Å². The van der Waals surface area contributed by atoms with Crippen molar-refractivity contribution in [2.75, 3.05) is 153 Å². The molecule has 16 nitrogen and oxygen atoms in total. The maximum atomic E-state index is 13.6. The molecule has 0 bridgehead atoms. The van der Waals surface area contributed by atoms with Gasteiger partial charge in [0, 0.05) is 142 Å². The van der Waals surface area contributed by atoms with Crippen molar-refractivity contribution in [3.05, 3.63) is 106 Å². The molecule has 2 aromatic heterocycles. The Balaban J connectivity index is 0.714. The number of nitrogens with one attached hydrogen (secondary N) is 4. The zero-order valence-electron chi connectivity index (χ0n) is 47.0. The van der Waals surface area contributed by atoms with E-state index < -0.39 is 0 Å². The number of H-pyrrole nitrogens is 2. The lowest BCUT2D eigenvalue weighted by atomic mass is 9.85. The van der Waals surface area contributed by atoms with Crippen LogP contribution in [-0.4, -0.2) is 184 Å². The molecule has 6 heterocycles. The van der Waals surface area contributed by atoms with Gasteiger partial charge in [0.15, 0.2) is 0 Å². The van der Waals surface area contributed by atoms with Gasteiger partial charge in [0.25, 0.3) is 0 Å². The smallest absolute Gasteiger partial charge is 0.222 e. The first-order valence-corrected chi connectivity index (χ1v) is 28.9. The molecule has 0 atom stereocenters. The number of amides is 2. The molecule has 4 saturated heterocycles. The summed E-state index contributed by atoms with van der Waals surface area (Å²) in [5.41, 5.74) is 15.1. The molecular weight excluding hydrogens is 961 g/mol. The number of piperidine rings is 2. The fourth-order valence-electron chi connectivity index (χ4n) is 12.6. The Morgan fingerprint density at radius 2 is 0.948 bits per heavy atom. The first kappa shape index (κ1) is 54.2. The molecular formula is C61H86N14O2. The second-order valence-electron chi connectivity index (χ2n) is 22.7. The fourth-order valence-corrected chi connectivity index (χ4v) is 12.6. The van der Waals surface area contributed by atoms with Crippen LogP contribution in [0.3, 0.4) is 0 Å². The van der Waals surface area contributed by atoms with Crippen LogP contribution in [0.2, 0.25) is 0 Å². The molecule has 16 heteroatoms. The second kappa shape index (κ2) is 25.1. The highest BCUT2D eigenvalue weighted by molar-refractivity contribution is 5.85. The van der Waals surface area contributed by atoms with Crippen molar-refractivity contribution < 1.29 is 9.59 Å². The van der Waals surface area contributed by atoms with E-state index in [9.17, 15) is 9.59 Å². The highest BCUT2D eigenvalue weighted by atomic mass is 16.2. The molecule has 6 aromatic rings. The van der Waals surface area contributed by atoms with Crippen LogP contribution in [0.4, 0.5) is 23.3 Å². The van der Waals surface area contributed by atoms with E-state index in [4.69, 9.17) is 9.97 Å². The second-order valence-corrected chi connectivity index (χ2v) is 22.7. The number of rotatable bonds is 20. The van der Waals surface area contributed by atoms with E-state index >= 15 is 0 Å². The van der Waals surface area contributed by atoms with Crippen LogP contribution >= 0.6 is 0 Å². The highest BCUT2D eigenvalue weighted by Crippen LogP contribution is 2.40. The minimum absolute atomic E-state index is 0.132. The van der Waals surface area contributed by atoms with E-state index in [1.807, 2.05) is 23.9 Å². The van der Waals surface area contributed by atoms with Crippen molar-refractivity contribution >= 4 is 57.2 Å². The van der Waals surface area contributed by atoms with E-state index in [1.165, 1.54) is 44.8 Å². The van der Waals surface area contributed by atoms with Gasteiger partial charge in [-0.15, -0.1) is 0 Å². The molecule has 4 aliphatic rings. The first-order chi connectivity index (χ1) is 37.5. The number of aromatic nitrogens is 4. The number of carbonyl (C=O) groups excluding carboxylic acids is 2. The SMILES string of the molecule is CNCCN(C)Cc1ccc2[nH]c(N3CCN(C(=O)CCCC(=O)N4CCN(c5nc6c(C7CCN(c8cccc(C)c8)CC7)c(CN(C)CCNC)ccc6[nH]5)CC4)CC3)nc2c1C1CCN(c2cccc(C)c2)CC1. The summed E-state index contributed by atoms with van der Waals surface area (Å²) in [6, 6.07) is 26.8. The summed E-state index contributed by atoms with van der Waals surface area (Å²) < 4.78 is 0. The zero-order chi connectivity index (χ0) is 53.4. The zero-order valence-corrected chi connectivity index (χ0v) is 47.0. The Morgan fingerprint density at radius 3 is 1.32 bits per heavy atom. The first-order valence-electron chi connectivity index (χ1n) is 28.9. The number of likely N-dealkylation sites (N-methyl/N-ethyl adjacent to an activating group) is 4. The van der Waals surface area contributed by atoms with Crippen LogP contribution in [0.5, 0.6) is 0 Å². The number of anilines is 4. The molecule has 4 N–H and O–H groups in total. The number of aryl methyl sites for hydroxylation is 2. The lowest BCUT2D eigenvalue weighted by molar-refractivity contribution is -0.133. The van der Waals surface area contributed by atoms with Gasteiger partial charge in [0.1, 0.15) is 0 Å². The fraction of sp³-hybridized carbons (Fsp3) is 0.541. The number of nitrogens with zero attached hydrogens (tertiary/aromatic N) is 10. The van der Waals surface area contributed by atoms with Crippen LogP contribution in [-0.2, 0) is 22.7 Å². The van der Waals surface area contributed by atoms with Crippen LogP contribution in [0.15, 0.2) is 72.8 Å². The summed E-state index contributed by atoms with van der Waals surface area (Å²) in [4.78, 5) is 63.8. The van der Waals surface area contributed by atoms with E-state index in [1.54, 1.807) is 0 Å². The molecule has 4 aromatic carbocycles. The topological polar surface area (TPSA) is 141 Å². The summed E-state index contributed by atoms with van der Waals surface area (Å²) in [5.74, 6) is 2.90. The average Bonchev–Trinajstić information content (AvgIpc) is 4.11. The number of fused-ring (bicyclic) bond motifs is 2. The average molecular weight is 1050 g/mol. The maximum Gasteiger partial charge on any atom is 0.222 e. The standard InChI is InChI=1S/C61H86N14O2/c1-44-10-7-12-50(40-44)70-26-20-46(21-27-70)56-48(42-68(5)30-24-62-3)16-18-52-58(56)66-60(64-52)74-36-32-72(33-37-74)54(76)14-9-15-55(77)73-34-38-75(39-35-73)61-65-53-19-17-49(43-69(6)31-25-63-4)57(59(53)67-61)47-22-28-71(29-23-47)51-13-8-11-45(2)41-51/h7-8,10-13,16-19,40-41,46-47,62-63H,9,14-15,20-39,42-43H2,1-6H3,(H,64,66)(H,65,67). The maximum absolute atomic E-state index is 13.6. The minimum atomic E-state index is 0.132. The van der Waals surface area contributed by atoms with Crippen LogP contribution in [0.25, 0.3) is 22.1 Å². The predicted molar refractivity (Wildman–Crippen MR) is 315 cm³/mol. The van der Waals surface area contributed by atoms with Crippen molar-refractivity contribution in [2.24, 2.45) is 0 Å². The van der Waals surface area contributed by atoms with Crippen LogP contribution in [0, 0.1) is 13.8 Å². The summed E-state index contributed by atoms with van der Waals surface area (Å²) in [7, 11) is 8.44. The Bertz CT molecular complexity index is 2720. The van der Waals surface area contributed by atoms with E-state index in [0.29, 0.717) is 83.5 Å². The normalized spacial score (nSPS) is 17.3. The molecule has 0 radical (unpaired) electrons. The van der Waals surface area contributed by atoms with Gasteiger partial charge in [0.2, 0.25) is 23.7 Å². The lowest BCUT2D eigenvalue weighted by Gasteiger charge is -2.35. The van der Waals surface area contributed by atoms with Crippen molar-refractivity contribution in [1.82, 2.24) is 50.2 Å². The molecule has 0 spiro atoms. The Kier molecular flexibility index (Phi) is 17.6. The monoisotopic (exact) mass is 1050 g/mol. The predicted octanol–water partition coefficient (Wildman–Crippen LogP) is 7.29. The van der Waals surface area contributed by atoms with Gasteiger partial charge in [-0.2, -0.15) is 0 Å². The molecule has 0 unspecified atom stereocenters. The largest absolute Gasteiger partial charge is 0.371 e. The van der Waals surface area contributed by atoms with E-state index in [0.717, 1.165) is 125 Å². The summed E-state index contributed by atoms with van der Waals surface area (Å²) in [6.45, 7) is 19.5. The van der Waals surface area contributed by atoms with Crippen molar-refractivity contribution in [1.29, 1.82) is 0 Å². The number of carbonyl (C=O) groups is 2. The van der Waals surface area contributed by atoms with E-state index in [-0.39, 0.29) is 11.8 Å². The number of piperazine rings is 2. The van der Waals surface area contributed by atoms with Crippen LogP contribution in [0.1, 0.15) is 90.2 Å². The number of hydrogen-bond acceptors (Lipinski definition) is 12. The number of hydrogen-bond donors (Lipinski definition) is 4.